The smallest absolute Gasteiger partial charge is 0.152 e. The third-order valence-electron chi connectivity index (χ3n) is 1.57. The molecule has 0 spiro atoms. The standard InChI is InChI=1S/C10H9FOS/c11-10-6-8(2-1-5-13)3-4-9(10)7-12/h1-4,6-7,13H,5H2. The van der Waals surface area contributed by atoms with E-state index in [0.29, 0.717) is 12.0 Å². The molecule has 0 aliphatic heterocycles. The van der Waals surface area contributed by atoms with E-state index in [1.54, 1.807) is 18.2 Å². The normalized spacial score (nSPS) is 10.6. The average molecular weight is 196 g/mol. The van der Waals surface area contributed by atoms with Crippen molar-refractivity contribution in [1.82, 2.24) is 0 Å². The van der Waals surface area contributed by atoms with Crippen LogP contribution in [0.15, 0.2) is 24.3 Å². The molecule has 0 heterocycles. The summed E-state index contributed by atoms with van der Waals surface area (Å²) in [6.45, 7) is 0. The van der Waals surface area contributed by atoms with Gasteiger partial charge in [0.15, 0.2) is 6.29 Å². The Balaban J connectivity index is 2.95. The summed E-state index contributed by atoms with van der Waals surface area (Å²) >= 11 is 3.98. The molecule has 0 aliphatic rings. The lowest BCUT2D eigenvalue weighted by Crippen LogP contribution is -1.87. The van der Waals surface area contributed by atoms with E-state index >= 15 is 0 Å². The Kier molecular flexibility index (Phi) is 3.71. The summed E-state index contributed by atoms with van der Waals surface area (Å²) in [6, 6.07) is 4.47. The average Bonchev–Trinajstić information content (AvgIpc) is 2.15. The van der Waals surface area contributed by atoms with Crippen molar-refractivity contribution in [3.05, 3.63) is 41.2 Å². The summed E-state index contributed by atoms with van der Waals surface area (Å²) in [7, 11) is 0. The Morgan fingerprint density at radius 2 is 2.23 bits per heavy atom. The van der Waals surface area contributed by atoms with Gasteiger partial charge in [0.1, 0.15) is 5.82 Å². The van der Waals surface area contributed by atoms with Gasteiger partial charge in [-0.05, 0) is 17.7 Å². The molecule has 1 rings (SSSR count). The van der Waals surface area contributed by atoms with E-state index in [1.165, 1.54) is 12.1 Å². The van der Waals surface area contributed by atoms with Crippen LogP contribution in [0.4, 0.5) is 4.39 Å². The Hall–Kier alpha value is -1.09. The molecule has 13 heavy (non-hydrogen) atoms. The number of aldehydes is 1. The Bertz CT molecular complexity index is 334. The number of carbonyl (C=O) groups is 1. The number of thiol groups is 1. The number of benzene rings is 1. The molecule has 1 aromatic rings. The number of carbonyl (C=O) groups excluding carboxylic acids is 1. The van der Waals surface area contributed by atoms with Crippen molar-refractivity contribution in [3.63, 3.8) is 0 Å². The van der Waals surface area contributed by atoms with Crippen molar-refractivity contribution >= 4 is 25.0 Å². The highest BCUT2D eigenvalue weighted by Gasteiger charge is 1.99. The summed E-state index contributed by atoms with van der Waals surface area (Å²) in [4.78, 5) is 10.3. The highest BCUT2D eigenvalue weighted by atomic mass is 32.1. The molecule has 0 aromatic heterocycles. The minimum absolute atomic E-state index is 0.0861. The lowest BCUT2D eigenvalue weighted by molar-refractivity contribution is 0.112. The maximum Gasteiger partial charge on any atom is 0.152 e. The fraction of sp³-hybridized carbons (Fsp3) is 0.100. The van der Waals surface area contributed by atoms with Crippen LogP contribution in [-0.2, 0) is 0 Å². The summed E-state index contributed by atoms with van der Waals surface area (Å²) < 4.78 is 13.0. The quantitative estimate of drug-likeness (QED) is 0.581. The lowest BCUT2D eigenvalue weighted by atomic mass is 10.1. The molecule has 1 aromatic carbocycles. The van der Waals surface area contributed by atoms with Crippen LogP contribution in [0.25, 0.3) is 6.08 Å². The van der Waals surface area contributed by atoms with E-state index < -0.39 is 5.82 Å². The van der Waals surface area contributed by atoms with E-state index in [4.69, 9.17) is 0 Å². The first-order valence-electron chi connectivity index (χ1n) is 3.80. The van der Waals surface area contributed by atoms with Crippen LogP contribution in [-0.4, -0.2) is 12.0 Å². The zero-order valence-corrected chi connectivity index (χ0v) is 7.80. The second kappa shape index (κ2) is 4.82. The fourth-order valence-corrected chi connectivity index (χ4v) is 1.04. The van der Waals surface area contributed by atoms with Gasteiger partial charge in [0.2, 0.25) is 0 Å². The van der Waals surface area contributed by atoms with Crippen LogP contribution in [0.1, 0.15) is 15.9 Å². The van der Waals surface area contributed by atoms with Crippen LogP contribution < -0.4 is 0 Å². The molecule has 0 aliphatic carbocycles. The molecule has 0 atom stereocenters. The second-order valence-corrected chi connectivity index (χ2v) is 2.85. The molecule has 0 saturated heterocycles. The van der Waals surface area contributed by atoms with Gasteiger partial charge in [-0.2, -0.15) is 12.6 Å². The first-order chi connectivity index (χ1) is 6.27. The van der Waals surface area contributed by atoms with E-state index in [0.717, 1.165) is 5.56 Å². The van der Waals surface area contributed by atoms with Crippen LogP contribution in [0.3, 0.4) is 0 Å². The number of hydrogen-bond acceptors (Lipinski definition) is 2. The summed E-state index contributed by atoms with van der Waals surface area (Å²) in [5.41, 5.74) is 0.820. The molecule has 0 amide bonds. The van der Waals surface area contributed by atoms with Gasteiger partial charge in [0.05, 0.1) is 5.56 Å². The second-order valence-electron chi connectivity index (χ2n) is 2.48. The summed E-state index contributed by atoms with van der Waals surface area (Å²) in [5.74, 6) is 0.119. The minimum Gasteiger partial charge on any atom is -0.298 e. The van der Waals surface area contributed by atoms with Crippen molar-refractivity contribution in [1.29, 1.82) is 0 Å². The first kappa shape index (κ1) is 9.99. The van der Waals surface area contributed by atoms with Crippen LogP contribution in [0, 0.1) is 5.82 Å². The van der Waals surface area contributed by atoms with Gasteiger partial charge in [0.25, 0.3) is 0 Å². The monoisotopic (exact) mass is 196 g/mol. The fourth-order valence-electron chi connectivity index (χ4n) is 0.931. The predicted molar refractivity (Wildman–Crippen MR) is 54.7 cm³/mol. The predicted octanol–water partition coefficient (Wildman–Crippen LogP) is 2.58. The highest BCUT2D eigenvalue weighted by Crippen LogP contribution is 2.09. The number of hydrogen-bond donors (Lipinski definition) is 1. The van der Waals surface area contributed by atoms with Crippen LogP contribution >= 0.6 is 12.6 Å². The summed E-state index contributed by atoms with van der Waals surface area (Å²) in [6.07, 6.45) is 4.06. The molecule has 0 fully saturated rings. The maximum absolute atomic E-state index is 13.0. The van der Waals surface area contributed by atoms with Crippen molar-refractivity contribution < 1.29 is 9.18 Å². The topological polar surface area (TPSA) is 17.1 Å². The number of rotatable bonds is 3. The molecule has 0 radical (unpaired) electrons. The van der Waals surface area contributed by atoms with E-state index in [9.17, 15) is 9.18 Å². The SMILES string of the molecule is O=Cc1ccc(C=CCS)cc1F. The van der Waals surface area contributed by atoms with Crippen molar-refractivity contribution in [2.45, 2.75) is 0 Å². The third-order valence-corrected chi connectivity index (χ3v) is 1.78. The molecule has 0 bridgehead atoms. The molecule has 68 valence electrons. The molecule has 3 heteroatoms. The van der Waals surface area contributed by atoms with Gasteiger partial charge in [-0.1, -0.05) is 18.2 Å². The minimum atomic E-state index is -0.490. The Morgan fingerprint density at radius 3 is 2.77 bits per heavy atom. The van der Waals surface area contributed by atoms with Gasteiger partial charge in [-0.25, -0.2) is 4.39 Å². The van der Waals surface area contributed by atoms with Crippen LogP contribution in [0.5, 0.6) is 0 Å². The zero-order chi connectivity index (χ0) is 9.68. The third kappa shape index (κ3) is 2.70. The van der Waals surface area contributed by atoms with Crippen molar-refractivity contribution in [2.75, 3.05) is 5.75 Å². The van der Waals surface area contributed by atoms with Crippen LogP contribution in [0.2, 0.25) is 0 Å². The van der Waals surface area contributed by atoms with E-state index in [1.807, 2.05) is 0 Å². The van der Waals surface area contributed by atoms with Crippen molar-refractivity contribution in [2.24, 2.45) is 0 Å². The molecule has 0 unspecified atom stereocenters. The first-order valence-corrected chi connectivity index (χ1v) is 4.43. The Morgan fingerprint density at radius 1 is 1.46 bits per heavy atom. The molecule has 0 N–H and O–H groups in total. The number of halogens is 1. The summed E-state index contributed by atoms with van der Waals surface area (Å²) in [5, 5.41) is 0. The van der Waals surface area contributed by atoms with Gasteiger partial charge < -0.3 is 0 Å². The molecule has 0 saturated carbocycles. The van der Waals surface area contributed by atoms with Gasteiger partial charge in [-0.3, -0.25) is 4.79 Å². The largest absolute Gasteiger partial charge is 0.298 e. The van der Waals surface area contributed by atoms with E-state index in [2.05, 4.69) is 12.6 Å². The lowest BCUT2D eigenvalue weighted by Gasteiger charge is -1.96. The maximum atomic E-state index is 13.0. The van der Waals surface area contributed by atoms with Gasteiger partial charge in [0, 0.05) is 5.75 Å². The molecule has 1 nitrogen and oxygen atoms in total. The zero-order valence-electron chi connectivity index (χ0n) is 6.90. The van der Waals surface area contributed by atoms with E-state index in [-0.39, 0.29) is 5.56 Å². The van der Waals surface area contributed by atoms with Gasteiger partial charge in [-0.15, -0.1) is 0 Å². The highest BCUT2D eigenvalue weighted by molar-refractivity contribution is 7.80. The van der Waals surface area contributed by atoms with Crippen molar-refractivity contribution in [3.8, 4) is 0 Å². The Labute approximate surface area is 81.7 Å². The molecular formula is C10H9FOS. The molecular weight excluding hydrogens is 187 g/mol. The van der Waals surface area contributed by atoms with Gasteiger partial charge >= 0.3 is 0 Å².